The summed E-state index contributed by atoms with van der Waals surface area (Å²) in [5.41, 5.74) is 0.363. The first-order valence-electron chi connectivity index (χ1n) is 5.13. The summed E-state index contributed by atoms with van der Waals surface area (Å²) in [6.45, 7) is 0. The van der Waals surface area contributed by atoms with Gasteiger partial charge in [0.05, 0.1) is 6.10 Å². The zero-order chi connectivity index (χ0) is 12.0. The van der Waals surface area contributed by atoms with Crippen LogP contribution in [0.25, 0.3) is 5.65 Å². The Hall–Kier alpha value is -1.08. The molecular formula is C10H8BrF2N3O. The molecule has 0 unspecified atom stereocenters. The summed E-state index contributed by atoms with van der Waals surface area (Å²) in [6.07, 6.45) is -0.910. The molecule has 0 amide bonds. The van der Waals surface area contributed by atoms with Crippen molar-refractivity contribution < 1.29 is 13.5 Å². The molecule has 7 heteroatoms. The summed E-state index contributed by atoms with van der Waals surface area (Å²) in [5, 5.41) is 7.19. The number of pyridine rings is 1. The number of rotatable bonds is 3. The molecular weight excluding hydrogens is 296 g/mol. The van der Waals surface area contributed by atoms with Gasteiger partial charge < -0.3 is 4.74 Å². The normalized spacial score (nSPS) is 16.6. The van der Waals surface area contributed by atoms with Gasteiger partial charge in [0.2, 0.25) is 5.82 Å². The molecule has 0 radical (unpaired) electrons. The van der Waals surface area contributed by atoms with Crippen LogP contribution in [0, 0.1) is 0 Å². The first kappa shape index (κ1) is 11.0. The molecule has 0 aliphatic heterocycles. The highest BCUT2D eigenvalue weighted by Gasteiger charge is 2.44. The minimum atomic E-state index is -3.40. The largest absolute Gasteiger partial charge is 0.418 e. The van der Waals surface area contributed by atoms with Gasteiger partial charge in [-0.15, -0.1) is 10.2 Å². The van der Waals surface area contributed by atoms with Crippen molar-refractivity contribution in [2.45, 2.75) is 25.1 Å². The van der Waals surface area contributed by atoms with Crippen LogP contribution in [0.2, 0.25) is 0 Å². The second kappa shape index (κ2) is 3.71. The number of alkyl halides is 2. The Morgan fingerprint density at radius 2 is 2.12 bits per heavy atom. The summed E-state index contributed by atoms with van der Waals surface area (Å²) in [7, 11) is 0. The molecule has 0 spiro atoms. The van der Waals surface area contributed by atoms with Crippen molar-refractivity contribution in [3.05, 3.63) is 28.6 Å². The molecule has 17 heavy (non-hydrogen) atoms. The van der Waals surface area contributed by atoms with Crippen molar-refractivity contribution in [2.24, 2.45) is 0 Å². The summed E-state index contributed by atoms with van der Waals surface area (Å²) < 4.78 is 34.1. The maximum Gasteiger partial charge on any atom is 0.418 e. The van der Waals surface area contributed by atoms with Crippen LogP contribution in [0.15, 0.2) is 22.8 Å². The number of ether oxygens (including phenoxy) is 1. The van der Waals surface area contributed by atoms with Gasteiger partial charge in [-0.2, -0.15) is 8.78 Å². The van der Waals surface area contributed by atoms with Gasteiger partial charge in [0.1, 0.15) is 0 Å². The lowest BCUT2D eigenvalue weighted by Gasteiger charge is -2.14. The van der Waals surface area contributed by atoms with Crippen molar-refractivity contribution in [1.29, 1.82) is 0 Å². The average Bonchev–Trinajstić information content (AvgIpc) is 2.95. The first-order chi connectivity index (χ1) is 8.06. The predicted octanol–water partition coefficient (Wildman–Crippen LogP) is 2.72. The molecule has 4 nitrogen and oxygen atoms in total. The third-order valence-electron chi connectivity index (χ3n) is 2.47. The molecule has 3 rings (SSSR count). The summed E-state index contributed by atoms with van der Waals surface area (Å²) in [6, 6.07) is 3.32. The van der Waals surface area contributed by atoms with E-state index in [2.05, 4.69) is 30.9 Å². The van der Waals surface area contributed by atoms with E-state index in [0.29, 0.717) is 23.0 Å². The molecule has 2 aromatic rings. The van der Waals surface area contributed by atoms with Crippen molar-refractivity contribution in [3.8, 4) is 0 Å². The van der Waals surface area contributed by atoms with E-state index in [1.807, 2.05) is 0 Å². The molecule has 1 aliphatic carbocycles. The third-order valence-corrected chi connectivity index (χ3v) is 2.93. The lowest BCUT2D eigenvalue weighted by Crippen LogP contribution is -2.22. The Kier molecular flexibility index (Phi) is 2.41. The van der Waals surface area contributed by atoms with Crippen LogP contribution in [0.3, 0.4) is 0 Å². The summed E-state index contributed by atoms with van der Waals surface area (Å²) >= 11 is 3.22. The van der Waals surface area contributed by atoms with Gasteiger partial charge in [-0.05, 0) is 40.9 Å². The molecule has 2 aromatic heterocycles. The van der Waals surface area contributed by atoms with Crippen LogP contribution in [-0.4, -0.2) is 20.7 Å². The minimum Gasteiger partial charge on any atom is -0.311 e. The van der Waals surface area contributed by atoms with Gasteiger partial charge in [0.15, 0.2) is 5.65 Å². The second-order valence-electron chi connectivity index (χ2n) is 3.93. The fraction of sp³-hybridized carbons (Fsp3) is 0.400. The Balaban J connectivity index is 2.06. The standard InChI is InChI=1S/C10H8BrF2N3O/c11-6-1-4-8-14-15-9(16(8)5-6)10(12,13)17-7-2-3-7/h1,4-5,7H,2-3H2. The van der Waals surface area contributed by atoms with E-state index in [0.717, 1.165) is 0 Å². The lowest BCUT2D eigenvalue weighted by molar-refractivity contribution is -0.261. The number of aromatic nitrogens is 3. The van der Waals surface area contributed by atoms with Crippen molar-refractivity contribution in [2.75, 3.05) is 0 Å². The number of nitrogens with zero attached hydrogens (tertiary/aromatic N) is 3. The first-order valence-corrected chi connectivity index (χ1v) is 5.92. The highest BCUT2D eigenvalue weighted by Crippen LogP contribution is 2.36. The van der Waals surface area contributed by atoms with Gasteiger partial charge >= 0.3 is 6.11 Å². The molecule has 0 atom stereocenters. The lowest BCUT2D eigenvalue weighted by atomic mass is 10.4. The third kappa shape index (κ3) is 2.04. The highest BCUT2D eigenvalue weighted by atomic mass is 79.9. The van der Waals surface area contributed by atoms with E-state index in [9.17, 15) is 8.78 Å². The van der Waals surface area contributed by atoms with Gasteiger partial charge in [-0.25, -0.2) is 0 Å². The SMILES string of the molecule is FC(F)(OC1CC1)c1nnc2ccc(Br)cn12. The highest BCUT2D eigenvalue weighted by molar-refractivity contribution is 9.10. The van der Waals surface area contributed by atoms with Gasteiger partial charge in [0.25, 0.3) is 0 Å². The topological polar surface area (TPSA) is 39.4 Å². The summed E-state index contributed by atoms with van der Waals surface area (Å²) in [5.74, 6) is -0.485. The van der Waals surface area contributed by atoms with Crippen LogP contribution in [0.5, 0.6) is 0 Å². The molecule has 90 valence electrons. The number of hydrogen-bond acceptors (Lipinski definition) is 3. The molecule has 0 aromatic carbocycles. The Morgan fingerprint density at radius 1 is 1.35 bits per heavy atom. The number of halogens is 3. The van der Waals surface area contributed by atoms with Crippen LogP contribution in [-0.2, 0) is 10.8 Å². The van der Waals surface area contributed by atoms with E-state index in [4.69, 9.17) is 0 Å². The van der Waals surface area contributed by atoms with E-state index in [1.165, 1.54) is 10.6 Å². The van der Waals surface area contributed by atoms with Gasteiger partial charge in [-0.1, -0.05) is 0 Å². The zero-order valence-corrected chi connectivity index (χ0v) is 10.2. The monoisotopic (exact) mass is 303 g/mol. The van der Waals surface area contributed by atoms with Crippen molar-refractivity contribution in [1.82, 2.24) is 14.6 Å². The van der Waals surface area contributed by atoms with Crippen LogP contribution in [0.4, 0.5) is 8.78 Å². The van der Waals surface area contributed by atoms with E-state index in [1.54, 1.807) is 12.1 Å². The average molecular weight is 304 g/mol. The van der Waals surface area contributed by atoms with E-state index < -0.39 is 11.9 Å². The summed E-state index contributed by atoms with van der Waals surface area (Å²) in [4.78, 5) is 0. The Labute approximate surface area is 104 Å². The van der Waals surface area contributed by atoms with Crippen LogP contribution < -0.4 is 0 Å². The zero-order valence-electron chi connectivity index (χ0n) is 8.61. The maximum atomic E-state index is 13.8. The van der Waals surface area contributed by atoms with E-state index in [-0.39, 0.29) is 6.10 Å². The predicted molar refractivity (Wildman–Crippen MR) is 58.7 cm³/mol. The quantitative estimate of drug-likeness (QED) is 0.875. The fourth-order valence-electron chi connectivity index (χ4n) is 1.51. The molecule has 0 bridgehead atoms. The molecule has 1 fully saturated rings. The minimum absolute atomic E-state index is 0.357. The van der Waals surface area contributed by atoms with Gasteiger partial charge in [0, 0.05) is 10.7 Å². The fourth-order valence-corrected chi connectivity index (χ4v) is 1.85. The Bertz CT molecular complexity index is 568. The number of hydrogen-bond donors (Lipinski definition) is 0. The van der Waals surface area contributed by atoms with Crippen molar-refractivity contribution >= 4 is 21.6 Å². The molecule has 0 saturated heterocycles. The van der Waals surface area contributed by atoms with E-state index >= 15 is 0 Å². The molecule has 1 aliphatic rings. The molecule has 0 N–H and O–H groups in total. The van der Waals surface area contributed by atoms with Crippen LogP contribution >= 0.6 is 15.9 Å². The molecule has 1 saturated carbocycles. The second-order valence-corrected chi connectivity index (χ2v) is 4.85. The van der Waals surface area contributed by atoms with Crippen molar-refractivity contribution in [3.63, 3.8) is 0 Å². The smallest absolute Gasteiger partial charge is 0.311 e. The number of fused-ring (bicyclic) bond motifs is 1. The van der Waals surface area contributed by atoms with Crippen LogP contribution in [0.1, 0.15) is 18.7 Å². The maximum absolute atomic E-state index is 13.8. The molecule has 2 heterocycles. The van der Waals surface area contributed by atoms with Gasteiger partial charge in [-0.3, -0.25) is 4.40 Å². The Morgan fingerprint density at radius 3 is 2.82 bits per heavy atom.